The van der Waals surface area contributed by atoms with E-state index in [0.29, 0.717) is 25.8 Å². The van der Waals surface area contributed by atoms with Gasteiger partial charge in [0.1, 0.15) is 0 Å². The van der Waals surface area contributed by atoms with E-state index in [-0.39, 0.29) is 31.1 Å². The number of nitrogens with one attached hydrogen (secondary N) is 1. The van der Waals surface area contributed by atoms with Crippen LogP contribution >= 0.6 is 11.8 Å². The minimum Gasteiger partial charge on any atom is -0.481 e. The quantitative estimate of drug-likeness (QED) is 0.0874. The summed E-state index contributed by atoms with van der Waals surface area (Å²) in [5.74, 6) is -0.0454. The molecular weight excluding hydrogens is 614 g/mol. The van der Waals surface area contributed by atoms with Crippen LogP contribution in [-0.2, 0) is 39.3 Å². The minimum absolute atomic E-state index is 0.000102. The molecule has 1 aliphatic heterocycles. The Morgan fingerprint density at radius 2 is 1.66 bits per heavy atom. The Balaban J connectivity index is 1.23. The second-order valence-corrected chi connectivity index (χ2v) is 12.8. The average Bonchev–Trinajstić information content (AvgIpc) is 3.52. The molecular formula is C37H43N3O6S. The fourth-order valence-electron chi connectivity index (χ4n) is 5.65. The fraction of sp³-hybridized carbons (Fsp3) is 0.378. The van der Waals surface area contributed by atoms with E-state index >= 15 is 0 Å². The van der Waals surface area contributed by atoms with Crippen molar-refractivity contribution in [2.45, 2.75) is 81.8 Å². The van der Waals surface area contributed by atoms with Crippen molar-refractivity contribution in [2.75, 3.05) is 5.75 Å². The number of rotatable bonds is 16. The van der Waals surface area contributed by atoms with Crippen molar-refractivity contribution in [1.82, 2.24) is 14.9 Å². The molecule has 1 amide bonds. The zero-order valence-corrected chi connectivity index (χ0v) is 27.5. The summed E-state index contributed by atoms with van der Waals surface area (Å²) < 4.78 is 15.0. The van der Waals surface area contributed by atoms with Crippen molar-refractivity contribution >= 4 is 23.6 Å². The van der Waals surface area contributed by atoms with Crippen LogP contribution in [-0.4, -0.2) is 43.5 Å². The Kier molecular flexibility index (Phi) is 12.6. The molecule has 5 rings (SSSR count). The molecule has 10 heteroatoms. The number of aryl methyl sites for hydroxylation is 1. The smallest absolute Gasteiger partial charge is 0.303 e. The van der Waals surface area contributed by atoms with Crippen molar-refractivity contribution in [3.63, 3.8) is 0 Å². The van der Waals surface area contributed by atoms with E-state index in [1.807, 2.05) is 72.4 Å². The second-order valence-electron chi connectivity index (χ2n) is 11.8. The first-order valence-electron chi connectivity index (χ1n) is 16.2. The van der Waals surface area contributed by atoms with E-state index in [0.717, 1.165) is 63.6 Å². The lowest BCUT2D eigenvalue weighted by Gasteiger charge is -2.36. The monoisotopic (exact) mass is 657 g/mol. The van der Waals surface area contributed by atoms with Gasteiger partial charge in [-0.3, -0.25) is 9.59 Å². The van der Waals surface area contributed by atoms with Crippen LogP contribution in [0.1, 0.15) is 79.6 Å². The third-order valence-electron chi connectivity index (χ3n) is 8.32. The summed E-state index contributed by atoms with van der Waals surface area (Å²) >= 11 is 1.67. The van der Waals surface area contributed by atoms with Crippen molar-refractivity contribution in [1.29, 1.82) is 0 Å². The van der Waals surface area contributed by atoms with Crippen LogP contribution in [0.4, 0.5) is 0 Å². The number of nitrogens with zero attached hydrogens (tertiary/aromatic N) is 2. The van der Waals surface area contributed by atoms with Crippen molar-refractivity contribution in [2.24, 2.45) is 7.05 Å². The maximum absolute atomic E-state index is 12.5. The molecule has 0 saturated carbocycles. The van der Waals surface area contributed by atoms with Crippen LogP contribution in [0.25, 0.3) is 11.1 Å². The molecule has 4 aromatic rings. The Hall–Kier alpha value is -3.96. The van der Waals surface area contributed by atoms with Gasteiger partial charge in [0.05, 0.1) is 18.8 Å². The summed E-state index contributed by atoms with van der Waals surface area (Å²) in [5, 5.41) is 22.2. The highest BCUT2D eigenvalue weighted by atomic mass is 32.2. The Morgan fingerprint density at radius 3 is 2.36 bits per heavy atom. The number of hydrogen-bond donors (Lipinski definition) is 3. The fourth-order valence-corrected chi connectivity index (χ4v) is 6.60. The lowest BCUT2D eigenvalue weighted by atomic mass is 9.97. The number of carbonyl (C=O) groups is 2. The normalized spacial score (nSPS) is 17.8. The van der Waals surface area contributed by atoms with E-state index in [4.69, 9.17) is 14.6 Å². The summed E-state index contributed by atoms with van der Waals surface area (Å²) in [7, 11) is 1.98. The van der Waals surface area contributed by atoms with E-state index in [1.54, 1.807) is 18.0 Å². The van der Waals surface area contributed by atoms with Gasteiger partial charge >= 0.3 is 5.97 Å². The highest BCUT2D eigenvalue weighted by molar-refractivity contribution is 7.99. The standard InChI is InChI=1S/C37H43N3O6S/c1-40-21-20-38-37(40)47-25-31-22-33(28-14-12-26(24-41)13-15-28)46-36(45-31)29-18-16-27(17-19-29)32-9-7-6-8-30(32)23-39-34(42)10-4-2-3-5-11-35(43)44/h6-9,12-21,31,33,36,41H,2-5,10-11,22-25H2,1H3,(H,39,42)(H,43,44)/t31-,33+,36+/m0/s1. The van der Waals surface area contributed by atoms with Gasteiger partial charge < -0.3 is 29.6 Å². The van der Waals surface area contributed by atoms with Crippen LogP contribution in [0.3, 0.4) is 0 Å². The predicted octanol–water partition coefficient (Wildman–Crippen LogP) is 6.96. The molecule has 0 radical (unpaired) electrons. The summed E-state index contributed by atoms with van der Waals surface area (Å²) in [5.41, 5.74) is 5.94. The van der Waals surface area contributed by atoms with Gasteiger partial charge in [-0.25, -0.2) is 4.98 Å². The molecule has 9 nitrogen and oxygen atoms in total. The van der Waals surface area contributed by atoms with Gasteiger partial charge in [-0.05, 0) is 40.7 Å². The maximum atomic E-state index is 12.5. The van der Waals surface area contributed by atoms with Gasteiger partial charge in [-0.15, -0.1) is 0 Å². The molecule has 0 unspecified atom stereocenters. The van der Waals surface area contributed by atoms with Crippen LogP contribution in [0, 0.1) is 0 Å². The first-order valence-corrected chi connectivity index (χ1v) is 17.2. The highest BCUT2D eigenvalue weighted by Crippen LogP contribution is 2.40. The third kappa shape index (κ3) is 10.0. The van der Waals surface area contributed by atoms with E-state index in [1.165, 1.54) is 0 Å². The molecule has 1 saturated heterocycles. The van der Waals surface area contributed by atoms with Gasteiger partial charge in [0.2, 0.25) is 5.91 Å². The number of aliphatic carboxylic acids is 1. The maximum Gasteiger partial charge on any atom is 0.303 e. The summed E-state index contributed by atoms with van der Waals surface area (Å²) in [6.45, 7) is 0.427. The Labute approximate surface area is 280 Å². The molecule has 47 heavy (non-hydrogen) atoms. The van der Waals surface area contributed by atoms with E-state index in [9.17, 15) is 14.7 Å². The zero-order chi connectivity index (χ0) is 33.0. The number of thioether (sulfide) groups is 1. The number of aliphatic hydroxyl groups excluding tert-OH is 1. The SMILES string of the molecule is Cn1ccnc1SC[C@@H]1C[C@H](c2ccc(CO)cc2)O[C@H](c2ccc(-c3ccccc3CNC(=O)CCCCCCC(=O)O)cc2)O1. The molecule has 3 aromatic carbocycles. The molecule has 0 spiro atoms. The van der Waals surface area contributed by atoms with Gasteiger partial charge in [-0.2, -0.15) is 0 Å². The number of aromatic nitrogens is 2. The van der Waals surface area contributed by atoms with Crippen LogP contribution in [0.2, 0.25) is 0 Å². The van der Waals surface area contributed by atoms with Crippen molar-refractivity contribution in [3.05, 3.63) is 107 Å². The lowest BCUT2D eigenvalue weighted by Crippen LogP contribution is -2.31. The number of carboxylic acids is 1. The summed E-state index contributed by atoms with van der Waals surface area (Å²) in [6.07, 6.45) is 7.32. The van der Waals surface area contributed by atoms with Gasteiger partial charge in [0.25, 0.3) is 0 Å². The number of carboxylic acid groups (broad SMARTS) is 1. The first kappa shape index (κ1) is 34.4. The number of amides is 1. The number of aliphatic hydroxyl groups is 1. The topological polar surface area (TPSA) is 123 Å². The predicted molar refractivity (Wildman–Crippen MR) is 181 cm³/mol. The largest absolute Gasteiger partial charge is 0.481 e. The lowest BCUT2D eigenvalue weighted by molar-refractivity contribution is -0.245. The molecule has 3 N–H and O–H groups in total. The number of hydrogen-bond acceptors (Lipinski definition) is 7. The molecule has 3 atom stereocenters. The Bertz CT molecular complexity index is 1590. The second kappa shape index (κ2) is 17.3. The van der Waals surface area contributed by atoms with Crippen molar-refractivity contribution < 1.29 is 29.3 Å². The molecule has 0 bridgehead atoms. The van der Waals surface area contributed by atoms with Gasteiger partial charge in [-0.1, -0.05) is 97.4 Å². The number of ether oxygens (including phenoxy) is 2. The number of imidazole rings is 1. The van der Waals surface area contributed by atoms with Gasteiger partial charge in [0.15, 0.2) is 11.4 Å². The van der Waals surface area contributed by atoms with Crippen LogP contribution in [0.5, 0.6) is 0 Å². The van der Waals surface area contributed by atoms with Gasteiger partial charge in [0, 0.05) is 56.6 Å². The van der Waals surface area contributed by atoms with E-state index in [2.05, 4.69) is 28.5 Å². The molecule has 248 valence electrons. The van der Waals surface area contributed by atoms with Crippen LogP contribution in [0.15, 0.2) is 90.3 Å². The molecule has 1 aliphatic rings. The third-order valence-corrected chi connectivity index (χ3v) is 9.51. The Morgan fingerprint density at radius 1 is 0.936 bits per heavy atom. The number of carbonyl (C=O) groups excluding carboxylic acids is 1. The highest BCUT2D eigenvalue weighted by Gasteiger charge is 2.32. The summed E-state index contributed by atoms with van der Waals surface area (Å²) in [4.78, 5) is 27.6. The first-order chi connectivity index (χ1) is 22.9. The number of unbranched alkanes of at least 4 members (excludes halogenated alkanes) is 3. The molecule has 1 fully saturated rings. The average molecular weight is 658 g/mol. The number of benzene rings is 3. The van der Waals surface area contributed by atoms with Crippen molar-refractivity contribution in [3.8, 4) is 11.1 Å². The molecule has 1 aromatic heterocycles. The zero-order valence-electron chi connectivity index (χ0n) is 26.7. The summed E-state index contributed by atoms with van der Waals surface area (Å²) in [6, 6.07) is 24.2. The van der Waals surface area contributed by atoms with Crippen LogP contribution < -0.4 is 5.32 Å². The molecule has 0 aliphatic carbocycles. The minimum atomic E-state index is -0.776. The van der Waals surface area contributed by atoms with E-state index < -0.39 is 12.3 Å². The molecule has 2 heterocycles.